The summed E-state index contributed by atoms with van der Waals surface area (Å²) in [7, 11) is 0. The van der Waals surface area contributed by atoms with Crippen molar-refractivity contribution in [1.82, 2.24) is 0 Å². The third-order valence-corrected chi connectivity index (χ3v) is 3.18. The van der Waals surface area contributed by atoms with Gasteiger partial charge < -0.3 is 11.5 Å². The third-order valence-electron chi connectivity index (χ3n) is 3.18. The fourth-order valence-electron chi connectivity index (χ4n) is 1.81. The second-order valence-electron chi connectivity index (χ2n) is 5.80. The first-order valence-electron chi connectivity index (χ1n) is 5.10. The quantitative estimate of drug-likeness (QED) is 0.707. The van der Waals surface area contributed by atoms with Crippen molar-refractivity contribution in [2.24, 2.45) is 16.9 Å². The zero-order valence-corrected chi connectivity index (χ0v) is 10.1. The van der Waals surface area contributed by atoms with Gasteiger partial charge >= 0.3 is 0 Å². The first-order valence-corrected chi connectivity index (χ1v) is 5.10. The molecular formula is C11H26N2. The van der Waals surface area contributed by atoms with E-state index in [1.165, 1.54) is 0 Å². The van der Waals surface area contributed by atoms with Gasteiger partial charge in [-0.1, -0.05) is 13.8 Å². The molecule has 0 amide bonds. The summed E-state index contributed by atoms with van der Waals surface area (Å²) in [6.45, 7) is 12.7. The molecule has 1 unspecified atom stereocenters. The fourth-order valence-corrected chi connectivity index (χ4v) is 1.81. The van der Waals surface area contributed by atoms with Gasteiger partial charge in [0.25, 0.3) is 0 Å². The molecular weight excluding hydrogens is 160 g/mol. The van der Waals surface area contributed by atoms with E-state index in [1.54, 1.807) is 0 Å². The van der Waals surface area contributed by atoms with Gasteiger partial charge in [-0.3, -0.25) is 0 Å². The Morgan fingerprint density at radius 1 is 0.923 bits per heavy atom. The molecule has 13 heavy (non-hydrogen) atoms. The van der Waals surface area contributed by atoms with Crippen LogP contribution in [0.4, 0.5) is 0 Å². The zero-order valence-electron chi connectivity index (χ0n) is 10.1. The van der Waals surface area contributed by atoms with Crippen LogP contribution in [-0.4, -0.2) is 11.1 Å². The second kappa shape index (κ2) is 3.58. The van der Waals surface area contributed by atoms with Crippen LogP contribution < -0.4 is 11.5 Å². The standard InChI is InChI=1S/C11H26N2/c1-7-11(6,10(4,5)13)8-9(2,3)12/h7-8,12-13H2,1-6H3. The second-order valence-corrected chi connectivity index (χ2v) is 5.80. The number of rotatable bonds is 4. The molecule has 0 aromatic carbocycles. The summed E-state index contributed by atoms with van der Waals surface area (Å²) >= 11 is 0. The summed E-state index contributed by atoms with van der Waals surface area (Å²) in [6, 6.07) is 0. The van der Waals surface area contributed by atoms with Crippen LogP contribution in [0.2, 0.25) is 0 Å². The molecule has 0 fully saturated rings. The number of hydrogen-bond acceptors (Lipinski definition) is 2. The summed E-state index contributed by atoms with van der Waals surface area (Å²) in [5.41, 5.74) is 12.0. The van der Waals surface area contributed by atoms with Gasteiger partial charge in [-0.2, -0.15) is 0 Å². The monoisotopic (exact) mass is 186 g/mol. The average molecular weight is 186 g/mol. The first kappa shape index (κ1) is 12.9. The Labute approximate surface area is 83.1 Å². The minimum Gasteiger partial charge on any atom is -0.326 e. The van der Waals surface area contributed by atoms with Crippen molar-refractivity contribution >= 4 is 0 Å². The topological polar surface area (TPSA) is 52.0 Å². The molecule has 4 N–H and O–H groups in total. The smallest absolute Gasteiger partial charge is 0.0152 e. The maximum atomic E-state index is 6.18. The maximum absolute atomic E-state index is 6.18. The minimum absolute atomic E-state index is 0.116. The van der Waals surface area contributed by atoms with E-state index in [9.17, 15) is 0 Å². The predicted octanol–water partition coefficient (Wildman–Crippen LogP) is 2.27. The van der Waals surface area contributed by atoms with Crippen molar-refractivity contribution in [3.63, 3.8) is 0 Å². The number of nitrogens with two attached hydrogens (primary N) is 2. The van der Waals surface area contributed by atoms with Crippen LogP contribution in [0.3, 0.4) is 0 Å². The molecule has 80 valence electrons. The van der Waals surface area contributed by atoms with Crippen LogP contribution in [0.15, 0.2) is 0 Å². The largest absolute Gasteiger partial charge is 0.326 e. The summed E-state index contributed by atoms with van der Waals surface area (Å²) in [5, 5.41) is 0. The van der Waals surface area contributed by atoms with E-state index in [4.69, 9.17) is 11.5 Å². The van der Waals surface area contributed by atoms with Gasteiger partial charge in [-0.15, -0.1) is 0 Å². The van der Waals surface area contributed by atoms with Gasteiger partial charge in [-0.25, -0.2) is 0 Å². The minimum atomic E-state index is -0.168. The maximum Gasteiger partial charge on any atom is 0.0152 e. The first-order chi connectivity index (χ1) is 5.52. The molecule has 0 spiro atoms. The van der Waals surface area contributed by atoms with E-state index in [0.717, 1.165) is 12.8 Å². The molecule has 0 saturated heterocycles. The Balaban J connectivity index is 4.67. The van der Waals surface area contributed by atoms with E-state index in [-0.39, 0.29) is 16.5 Å². The average Bonchev–Trinajstić information content (AvgIpc) is 1.81. The van der Waals surface area contributed by atoms with Gasteiger partial charge in [0.15, 0.2) is 0 Å². The van der Waals surface area contributed by atoms with Crippen molar-refractivity contribution < 1.29 is 0 Å². The molecule has 0 heterocycles. The lowest BCUT2D eigenvalue weighted by Gasteiger charge is -2.45. The Morgan fingerprint density at radius 2 is 1.31 bits per heavy atom. The molecule has 2 nitrogen and oxygen atoms in total. The van der Waals surface area contributed by atoms with Crippen molar-refractivity contribution in [2.45, 2.75) is 65.5 Å². The molecule has 0 aliphatic carbocycles. The normalized spacial score (nSPS) is 18.5. The molecule has 0 bridgehead atoms. The van der Waals surface area contributed by atoms with E-state index in [2.05, 4.69) is 41.5 Å². The van der Waals surface area contributed by atoms with Crippen molar-refractivity contribution in [1.29, 1.82) is 0 Å². The lowest BCUT2D eigenvalue weighted by Crippen LogP contribution is -2.53. The lowest BCUT2D eigenvalue weighted by molar-refractivity contribution is 0.121. The zero-order chi connectivity index (χ0) is 10.9. The van der Waals surface area contributed by atoms with Gasteiger partial charge in [0.05, 0.1) is 0 Å². The summed E-state index contributed by atoms with van der Waals surface area (Å²) in [4.78, 5) is 0. The van der Waals surface area contributed by atoms with Crippen LogP contribution in [0.5, 0.6) is 0 Å². The Bertz CT molecular complexity index is 162. The molecule has 0 saturated carbocycles. The van der Waals surface area contributed by atoms with Crippen molar-refractivity contribution in [3.8, 4) is 0 Å². The van der Waals surface area contributed by atoms with E-state index in [1.807, 2.05) is 0 Å². The predicted molar refractivity (Wildman–Crippen MR) is 59.5 cm³/mol. The highest BCUT2D eigenvalue weighted by Gasteiger charge is 2.39. The van der Waals surface area contributed by atoms with Crippen LogP contribution in [0.25, 0.3) is 0 Å². The molecule has 0 radical (unpaired) electrons. The van der Waals surface area contributed by atoms with E-state index in [0.29, 0.717) is 0 Å². The Kier molecular flexibility index (Phi) is 3.56. The third kappa shape index (κ3) is 3.65. The molecule has 0 rings (SSSR count). The van der Waals surface area contributed by atoms with Gasteiger partial charge in [0, 0.05) is 11.1 Å². The lowest BCUT2D eigenvalue weighted by atomic mass is 9.65. The summed E-state index contributed by atoms with van der Waals surface area (Å²) in [6.07, 6.45) is 2.02. The van der Waals surface area contributed by atoms with Crippen LogP contribution >= 0.6 is 0 Å². The molecule has 2 heteroatoms. The number of hydrogen-bond donors (Lipinski definition) is 2. The van der Waals surface area contributed by atoms with Gasteiger partial charge in [0.2, 0.25) is 0 Å². The fraction of sp³-hybridized carbons (Fsp3) is 1.00. The SMILES string of the molecule is CCC(C)(CC(C)(C)N)C(C)(C)N. The van der Waals surface area contributed by atoms with Crippen LogP contribution in [0.1, 0.15) is 54.4 Å². The Morgan fingerprint density at radius 3 is 1.38 bits per heavy atom. The Hall–Kier alpha value is -0.0800. The van der Waals surface area contributed by atoms with Crippen molar-refractivity contribution in [3.05, 3.63) is 0 Å². The van der Waals surface area contributed by atoms with E-state index >= 15 is 0 Å². The van der Waals surface area contributed by atoms with Gasteiger partial charge in [0.1, 0.15) is 0 Å². The molecule has 0 aliphatic heterocycles. The van der Waals surface area contributed by atoms with Gasteiger partial charge in [-0.05, 0) is 46.0 Å². The highest BCUT2D eigenvalue weighted by Crippen LogP contribution is 2.39. The van der Waals surface area contributed by atoms with Crippen LogP contribution in [0, 0.1) is 5.41 Å². The summed E-state index contributed by atoms with van der Waals surface area (Å²) in [5.74, 6) is 0. The van der Waals surface area contributed by atoms with Crippen molar-refractivity contribution in [2.75, 3.05) is 0 Å². The summed E-state index contributed by atoms with van der Waals surface area (Å²) < 4.78 is 0. The van der Waals surface area contributed by atoms with E-state index < -0.39 is 0 Å². The molecule has 1 atom stereocenters. The molecule has 0 aromatic heterocycles. The molecule has 0 aromatic rings. The highest BCUT2D eigenvalue weighted by molar-refractivity contribution is 4.96. The highest BCUT2D eigenvalue weighted by atomic mass is 14.8. The molecule has 0 aliphatic rings. The van der Waals surface area contributed by atoms with Crippen LogP contribution in [-0.2, 0) is 0 Å².